The standard InChI is InChI=1S/C28H27Cl2N3O12P2.C24H27ClN5O9P.C19H20ClN2O9P/c29-18-7-1-3-9-20(18)43-46(36)39-17-22-25(45-47(37,40-16-6-13-31)44-21-10-4-2-8-19(21)30)26(42-24-11-5-15-38-24)27(41-22)33-14-12-23(34)32-28(33)35;1-12(2)20(32)28-23-27-19-17(21(33)29-23)26-11-30(19)22-18(38-16-8-5-9-36-16)24(34,15(10-31)37-22)40(35)39-14-7-4-3-6-13(14)25;20-11-4-1-2-5-12(11)31-32(27)19(26)13(10-23)29-17(16(19)30-15-6-3-9-28-15)22-8-7-14(24)21-18(22)25/h1-4,7-10,12,14,22,24-27H,5-6,11,15-17H2;3-4,6-7,11-12,15-16,18,22,31,34H,5,8-10H2,1-2H3,(H-,27,28,29,32,33);1-2,4-5,7-8,13,15-17,23,26H,3,6,9-10H2/p+3/t22-,24?,25-,26-,27-,47?;15-,16?,18+,22-,24+;13-,15?,16+,17-,19+/m111/s1. The van der Waals surface area contributed by atoms with Crippen LogP contribution in [0.1, 0.15) is 77.5 Å². The van der Waals surface area contributed by atoms with Crippen molar-refractivity contribution in [2.24, 2.45) is 5.92 Å². The van der Waals surface area contributed by atoms with Crippen molar-refractivity contribution < 1.29 is 118 Å². The summed E-state index contributed by atoms with van der Waals surface area (Å²) in [4.78, 5) is 88.7. The zero-order valence-corrected chi connectivity index (χ0v) is 69.1. The number of H-pyrrole nitrogens is 3. The molecule has 1 amide bonds. The first-order chi connectivity index (χ1) is 57.1. The van der Waals surface area contributed by atoms with Gasteiger partial charge in [0, 0.05) is 74.1 Å². The second-order valence-corrected chi connectivity index (χ2v) is 33.8. The molecule has 6 saturated heterocycles. The van der Waals surface area contributed by atoms with E-state index in [4.69, 9.17) is 126 Å². The van der Waals surface area contributed by atoms with Crippen LogP contribution in [0, 0.1) is 17.2 Å². The van der Waals surface area contributed by atoms with E-state index < -0.39 is 171 Å². The first-order valence-electron chi connectivity index (χ1n) is 36.5. The average Bonchev–Trinajstić information content (AvgIpc) is 1.58. The smallest absolute Gasteiger partial charge is 0.402 e. The SMILES string of the molecule is CC(C)C(=O)Nc1nc2c(ncn2[C@@H]2O[C@H](CO)[C@](O)([P+](=O)Oc3ccccc3Cl)[C@H]2OC2CCCO2)c(=O)[nH]1.N#CCCOP(=O)(Oc1ccccc1Cl)O[C@H]1[C@@H](OC2CCCO2)[C@H](n2ccc(=O)[nH]c2=O)O[C@@H]1CO[P+](=O)Oc1ccccc1Cl.O=c1ccn([C@@H]2O[C@H](CO)[C@](O)([P+](=O)Oc3ccccc3Cl)[C@H]2OC2CCCO2)c(=O)[nH]1. The molecule has 0 radical (unpaired) electrons. The molecule has 4 aromatic carbocycles. The topological polar surface area (TPSA) is 523 Å². The minimum absolute atomic E-state index is 0.0167. The Morgan fingerprint density at radius 1 is 0.639 bits per heavy atom. The molecule has 14 rings (SSSR count). The molecule has 8 N–H and O–H groups in total. The molecule has 119 heavy (non-hydrogen) atoms. The number of phosphoric acid groups is 1. The Kier molecular flexibility index (Phi) is 30.8. The van der Waals surface area contributed by atoms with Gasteiger partial charge in [-0.2, -0.15) is 10.2 Å². The maximum atomic E-state index is 14.2. The summed E-state index contributed by atoms with van der Waals surface area (Å²) in [5.41, 5.74) is -3.73. The number of fused-ring (bicyclic) bond motifs is 1. The van der Waals surface area contributed by atoms with Crippen molar-refractivity contribution >= 4 is 102 Å². The second kappa shape index (κ2) is 40.7. The van der Waals surface area contributed by atoms with Crippen LogP contribution in [0.25, 0.3) is 11.2 Å². The lowest BCUT2D eigenvalue weighted by molar-refractivity contribution is -0.188. The maximum absolute atomic E-state index is 14.2. The Morgan fingerprint density at radius 2 is 1.10 bits per heavy atom. The summed E-state index contributed by atoms with van der Waals surface area (Å²) in [5, 5.41) is 51.0. The number of aromatic nitrogens is 8. The number of aliphatic hydroxyl groups excluding tert-OH is 2. The van der Waals surface area contributed by atoms with Gasteiger partial charge in [0.2, 0.25) is 29.1 Å². The highest BCUT2D eigenvalue weighted by molar-refractivity contribution is 7.49. The number of carbonyl (C=O) groups is 1. The molecule has 6 aliphatic heterocycles. The summed E-state index contributed by atoms with van der Waals surface area (Å²) < 4.78 is 149. The van der Waals surface area contributed by atoms with Crippen molar-refractivity contribution in [1.82, 2.24) is 38.6 Å². The van der Waals surface area contributed by atoms with Crippen LogP contribution in [-0.4, -0.2) is 183 Å². The number of ether oxygens (including phenoxy) is 9. The molecule has 10 heterocycles. The van der Waals surface area contributed by atoms with Gasteiger partial charge >= 0.3 is 54.2 Å². The third-order valence-electron chi connectivity index (χ3n) is 18.6. The van der Waals surface area contributed by atoms with Gasteiger partial charge < -0.3 is 67.6 Å². The number of aliphatic hydroxyl groups is 4. The molecular formula is C71H77Cl4N10O30P4+3. The number of imidazole rings is 1. The van der Waals surface area contributed by atoms with E-state index in [1.54, 1.807) is 62.4 Å². The molecule has 0 bridgehead atoms. The number of benzene rings is 4. The van der Waals surface area contributed by atoms with Gasteiger partial charge in [0.1, 0.15) is 30.7 Å². The molecule has 0 saturated carbocycles. The summed E-state index contributed by atoms with van der Waals surface area (Å²) >= 11 is 24.6. The van der Waals surface area contributed by atoms with Gasteiger partial charge in [-0.1, -0.05) is 109 Å². The van der Waals surface area contributed by atoms with Crippen molar-refractivity contribution in [2.45, 2.75) is 150 Å². The van der Waals surface area contributed by atoms with Crippen molar-refractivity contribution in [3.8, 4) is 29.1 Å². The molecule has 48 heteroatoms. The number of aromatic amines is 3. The van der Waals surface area contributed by atoms with E-state index in [2.05, 4.69) is 30.2 Å². The summed E-state index contributed by atoms with van der Waals surface area (Å²) in [7, 11) is -13.6. The van der Waals surface area contributed by atoms with E-state index in [9.17, 15) is 67.5 Å². The molecule has 0 aliphatic carbocycles. The summed E-state index contributed by atoms with van der Waals surface area (Å²) in [5.74, 6) is -0.771. The largest absolute Gasteiger partial charge is 0.750 e. The van der Waals surface area contributed by atoms with Crippen molar-refractivity contribution in [3.63, 3.8) is 0 Å². The number of amides is 1. The van der Waals surface area contributed by atoms with Gasteiger partial charge in [-0.25, -0.2) is 23.7 Å². The van der Waals surface area contributed by atoms with Crippen LogP contribution in [0.5, 0.6) is 23.0 Å². The minimum Gasteiger partial charge on any atom is -0.402 e. The summed E-state index contributed by atoms with van der Waals surface area (Å²) in [6, 6.07) is 29.0. The number of carbonyl (C=O) groups excluding carboxylic acids is 1. The van der Waals surface area contributed by atoms with Crippen LogP contribution in [0.4, 0.5) is 5.95 Å². The van der Waals surface area contributed by atoms with E-state index in [-0.39, 0.29) is 85.1 Å². The highest BCUT2D eigenvalue weighted by atomic mass is 35.5. The Labute approximate surface area is 695 Å². The van der Waals surface area contributed by atoms with Gasteiger partial charge in [0.25, 0.3) is 16.7 Å². The Balaban J connectivity index is 0.000000167. The van der Waals surface area contributed by atoms with Gasteiger partial charge in [0.15, 0.2) is 73.1 Å². The van der Waals surface area contributed by atoms with Crippen molar-refractivity contribution in [3.05, 3.63) is 200 Å². The first kappa shape index (κ1) is 90.0. The number of hydrogen-bond acceptors (Lipinski definition) is 33. The molecule has 40 nitrogen and oxygen atoms in total. The number of anilines is 1. The quantitative estimate of drug-likeness (QED) is 0.0148. The van der Waals surface area contributed by atoms with Crippen molar-refractivity contribution in [1.29, 1.82) is 5.26 Å². The fourth-order valence-corrected chi connectivity index (χ4v) is 18.2. The lowest BCUT2D eigenvalue weighted by atomic mass is 10.1. The third-order valence-corrected chi connectivity index (χ3v) is 24.9. The number of nitriles is 1. The van der Waals surface area contributed by atoms with Gasteiger partial charge in [-0.05, 0) is 76.9 Å². The number of nitrogens with zero attached hydrogens (tertiary/aromatic N) is 6. The summed E-state index contributed by atoms with van der Waals surface area (Å²) in [6.45, 7) is 2.19. The number of halogens is 4. The molecular weight excluding hydrogens is 1740 g/mol. The average molecular weight is 1820 g/mol. The van der Waals surface area contributed by atoms with Gasteiger partial charge in [-0.15, -0.1) is 4.52 Å². The molecule has 636 valence electrons. The highest BCUT2D eigenvalue weighted by Gasteiger charge is 2.74. The molecule has 6 fully saturated rings. The Morgan fingerprint density at radius 3 is 1.55 bits per heavy atom. The molecule has 8 aromatic rings. The number of nitrogens with one attached hydrogen (secondary N) is 4. The van der Waals surface area contributed by atoms with Crippen LogP contribution in [0.2, 0.25) is 20.1 Å². The van der Waals surface area contributed by atoms with Crippen LogP contribution in [0.15, 0.2) is 152 Å². The van der Waals surface area contributed by atoms with E-state index in [1.807, 2.05) is 6.07 Å². The Hall–Kier alpha value is -8.20. The zero-order valence-electron chi connectivity index (χ0n) is 62.5. The normalized spacial score (nSPS) is 26.7. The maximum Gasteiger partial charge on any atom is 0.750 e. The van der Waals surface area contributed by atoms with E-state index >= 15 is 0 Å². The highest BCUT2D eigenvalue weighted by Crippen LogP contribution is 2.58. The van der Waals surface area contributed by atoms with E-state index in [0.29, 0.717) is 58.3 Å². The zero-order chi connectivity index (χ0) is 84.9. The summed E-state index contributed by atoms with van der Waals surface area (Å²) in [6.07, 6.45) is -9.19. The lowest BCUT2D eigenvalue weighted by Gasteiger charge is -2.29. The van der Waals surface area contributed by atoms with Crippen LogP contribution >= 0.6 is 78.5 Å². The fourth-order valence-electron chi connectivity index (χ4n) is 12.7. The minimum atomic E-state index is -4.67. The number of phosphoric ester groups is 1. The van der Waals surface area contributed by atoms with Gasteiger partial charge in [-0.3, -0.25) is 71.2 Å². The first-order valence-corrected chi connectivity index (χ1v) is 43.0. The Bertz CT molecular complexity index is 5360. The van der Waals surface area contributed by atoms with Gasteiger partial charge in [0.05, 0.1) is 58.7 Å². The van der Waals surface area contributed by atoms with Crippen molar-refractivity contribution in [2.75, 3.05) is 51.6 Å². The predicted molar refractivity (Wildman–Crippen MR) is 417 cm³/mol. The molecule has 0 spiro atoms. The van der Waals surface area contributed by atoms with E-state index in [0.717, 1.165) is 27.5 Å². The number of hydrogen-bond donors (Lipinski definition) is 8. The van der Waals surface area contributed by atoms with E-state index in [1.165, 1.54) is 65.6 Å². The molecule has 6 aliphatic rings. The third kappa shape index (κ3) is 21.3. The number of para-hydroxylation sites is 4. The molecule has 7 unspecified atom stereocenters. The monoisotopic (exact) mass is 1810 g/mol. The lowest BCUT2D eigenvalue weighted by Crippen LogP contribution is -2.50. The van der Waals surface area contributed by atoms with Crippen LogP contribution < -0.4 is 51.5 Å². The second-order valence-electron chi connectivity index (χ2n) is 26.9. The number of rotatable bonds is 31. The molecule has 19 atom stereocenters. The van der Waals surface area contributed by atoms with Crippen LogP contribution in [0.3, 0.4) is 0 Å². The fraction of sp³-hybridized carbons (Fsp3) is 0.451. The van der Waals surface area contributed by atoms with Crippen LogP contribution in [-0.2, 0) is 79.3 Å². The molecule has 4 aromatic heterocycles. The predicted octanol–water partition coefficient (Wildman–Crippen LogP) is 8.92.